The van der Waals surface area contributed by atoms with E-state index in [1.54, 1.807) is 0 Å². The van der Waals surface area contributed by atoms with Gasteiger partial charge in [0.05, 0.1) is 10.6 Å². The fourth-order valence-corrected chi connectivity index (χ4v) is 2.58. The summed E-state index contributed by atoms with van der Waals surface area (Å²) in [7, 11) is 0. The van der Waals surface area contributed by atoms with Gasteiger partial charge in [-0.05, 0) is 23.6 Å². The van der Waals surface area contributed by atoms with Gasteiger partial charge in [0.15, 0.2) is 0 Å². The summed E-state index contributed by atoms with van der Waals surface area (Å²) in [4.78, 5) is 10.7. The van der Waals surface area contributed by atoms with Crippen molar-refractivity contribution >= 4 is 39.0 Å². The number of rotatable bonds is 1. The van der Waals surface area contributed by atoms with Crippen LogP contribution in [-0.4, -0.2) is 11.1 Å². The molecule has 0 spiro atoms. The smallest absolute Gasteiger partial charge is 0.417 e. The Bertz CT molecular complexity index is 603. The zero-order valence-electron chi connectivity index (χ0n) is 8.01. The van der Waals surface area contributed by atoms with Crippen molar-refractivity contribution < 1.29 is 23.1 Å². The van der Waals surface area contributed by atoms with Crippen LogP contribution in [-0.2, 0) is 6.18 Å². The van der Waals surface area contributed by atoms with Crippen LogP contribution in [0.2, 0.25) is 5.02 Å². The summed E-state index contributed by atoms with van der Waals surface area (Å²) >= 11 is 6.30. The second kappa shape index (κ2) is 3.89. The highest BCUT2D eigenvalue weighted by Gasteiger charge is 2.33. The largest absolute Gasteiger partial charge is 0.477 e. The van der Waals surface area contributed by atoms with Crippen LogP contribution in [0.4, 0.5) is 13.2 Å². The van der Waals surface area contributed by atoms with Crippen LogP contribution in [0.5, 0.6) is 0 Å². The molecule has 17 heavy (non-hydrogen) atoms. The summed E-state index contributed by atoms with van der Waals surface area (Å²) in [6.45, 7) is 0. The Morgan fingerprint density at radius 3 is 2.47 bits per heavy atom. The summed E-state index contributed by atoms with van der Waals surface area (Å²) in [5, 5.41) is 8.70. The molecule has 0 saturated heterocycles. The second-order valence-corrected chi connectivity index (χ2v) is 4.77. The highest BCUT2D eigenvalue weighted by Crippen LogP contribution is 2.39. The molecule has 2 aromatic rings. The molecular formula is C10H4ClF3O2S. The number of carboxylic acid groups (broad SMARTS) is 1. The van der Waals surface area contributed by atoms with Gasteiger partial charge < -0.3 is 5.11 Å². The lowest BCUT2D eigenvalue weighted by Gasteiger charge is -2.08. The molecule has 0 bridgehead atoms. The van der Waals surface area contributed by atoms with Gasteiger partial charge in [0, 0.05) is 4.70 Å². The number of alkyl halides is 3. The van der Waals surface area contributed by atoms with Crippen molar-refractivity contribution in [2.75, 3.05) is 0 Å². The van der Waals surface area contributed by atoms with Gasteiger partial charge in [-0.15, -0.1) is 11.3 Å². The van der Waals surface area contributed by atoms with Gasteiger partial charge in [-0.1, -0.05) is 11.6 Å². The van der Waals surface area contributed by atoms with Gasteiger partial charge in [0.2, 0.25) is 0 Å². The SMILES string of the molecule is O=C(O)c1cc2cc(Cl)c(C(F)(F)F)cc2s1. The molecule has 7 heteroatoms. The lowest BCUT2D eigenvalue weighted by atomic mass is 10.1. The minimum Gasteiger partial charge on any atom is -0.477 e. The highest BCUT2D eigenvalue weighted by atomic mass is 35.5. The number of carbonyl (C=O) groups is 1. The van der Waals surface area contributed by atoms with Crippen molar-refractivity contribution in [1.29, 1.82) is 0 Å². The third-order valence-electron chi connectivity index (χ3n) is 2.12. The van der Waals surface area contributed by atoms with Crippen LogP contribution in [0.15, 0.2) is 18.2 Å². The Morgan fingerprint density at radius 1 is 1.29 bits per heavy atom. The van der Waals surface area contributed by atoms with E-state index >= 15 is 0 Å². The van der Waals surface area contributed by atoms with Crippen molar-refractivity contribution in [2.45, 2.75) is 6.18 Å². The maximum absolute atomic E-state index is 12.5. The molecule has 0 fully saturated rings. The second-order valence-electron chi connectivity index (χ2n) is 3.28. The van der Waals surface area contributed by atoms with E-state index in [-0.39, 0.29) is 9.58 Å². The average molecular weight is 281 g/mol. The Balaban J connectivity index is 2.68. The van der Waals surface area contributed by atoms with E-state index in [2.05, 4.69) is 0 Å². The van der Waals surface area contributed by atoms with Gasteiger partial charge in [0.1, 0.15) is 4.88 Å². The molecular weight excluding hydrogens is 277 g/mol. The van der Waals surface area contributed by atoms with Crippen LogP contribution in [0, 0.1) is 0 Å². The molecule has 2 rings (SSSR count). The first kappa shape index (κ1) is 12.2. The quantitative estimate of drug-likeness (QED) is 0.847. The Morgan fingerprint density at radius 2 is 1.94 bits per heavy atom. The Labute approximate surface area is 102 Å². The zero-order chi connectivity index (χ0) is 12.8. The van der Waals surface area contributed by atoms with E-state index in [4.69, 9.17) is 16.7 Å². The zero-order valence-corrected chi connectivity index (χ0v) is 9.58. The number of thiophene rings is 1. The van der Waals surface area contributed by atoms with Crippen LogP contribution in [0.25, 0.3) is 10.1 Å². The Kier molecular flexibility index (Phi) is 2.79. The Hall–Kier alpha value is -1.27. The number of fused-ring (bicyclic) bond motifs is 1. The summed E-state index contributed by atoms with van der Waals surface area (Å²) in [5.74, 6) is -1.17. The van der Waals surface area contributed by atoms with Crippen molar-refractivity contribution in [3.63, 3.8) is 0 Å². The molecule has 0 amide bonds. The topological polar surface area (TPSA) is 37.3 Å². The number of hydrogen-bond acceptors (Lipinski definition) is 2. The minimum absolute atomic E-state index is 0.0182. The summed E-state index contributed by atoms with van der Waals surface area (Å²) in [6.07, 6.45) is -4.54. The molecule has 1 aromatic heterocycles. The monoisotopic (exact) mass is 280 g/mol. The van der Waals surface area contributed by atoms with Crippen molar-refractivity contribution in [2.24, 2.45) is 0 Å². The molecule has 2 nitrogen and oxygen atoms in total. The molecule has 1 heterocycles. The lowest BCUT2D eigenvalue weighted by molar-refractivity contribution is -0.137. The predicted octanol–water partition coefficient (Wildman–Crippen LogP) is 4.27. The molecule has 0 aliphatic carbocycles. The molecule has 0 aliphatic heterocycles. The normalized spacial score (nSPS) is 12.0. The number of halogens is 4. The standard InChI is InChI=1S/C10H4ClF3O2S/c11-6-1-4-2-8(9(15)16)17-7(4)3-5(6)10(12,13)14/h1-3H,(H,15,16). The number of benzene rings is 1. The number of carboxylic acids is 1. The number of hydrogen-bond donors (Lipinski definition) is 1. The maximum Gasteiger partial charge on any atom is 0.417 e. The van der Waals surface area contributed by atoms with Gasteiger partial charge >= 0.3 is 12.1 Å². The first-order valence-electron chi connectivity index (χ1n) is 4.32. The fraction of sp³-hybridized carbons (Fsp3) is 0.100. The molecule has 1 aromatic carbocycles. The van der Waals surface area contributed by atoms with Crippen LogP contribution < -0.4 is 0 Å². The molecule has 0 aliphatic rings. The lowest BCUT2D eigenvalue weighted by Crippen LogP contribution is -2.05. The molecule has 0 saturated carbocycles. The van der Waals surface area contributed by atoms with Crippen LogP contribution >= 0.6 is 22.9 Å². The molecule has 90 valence electrons. The molecule has 1 N–H and O–H groups in total. The van der Waals surface area contributed by atoms with Crippen molar-refractivity contribution in [3.05, 3.63) is 33.7 Å². The summed E-state index contributed by atoms with van der Waals surface area (Å²) in [6, 6.07) is 3.30. The predicted molar refractivity (Wildman–Crippen MR) is 58.8 cm³/mol. The first-order chi connectivity index (χ1) is 7.79. The van der Waals surface area contributed by atoms with E-state index in [0.29, 0.717) is 5.39 Å². The molecule has 0 radical (unpaired) electrons. The van der Waals surface area contributed by atoms with Gasteiger partial charge in [-0.2, -0.15) is 13.2 Å². The van der Waals surface area contributed by atoms with Crippen LogP contribution in [0.1, 0.15) is 15.2 Å². The number of aromatic carboxylic acids is 1. The van der Waals surface area contributed by atoms with E-state index < -0.39 is 22.7 Å². The van der Waals surface area contributed by atoms with E-state index in [9.17, 15) is 18.0 Å². The third kappa shape index (κ3) is 2.23. The summed E-state index contributed by atoms with van der Waals surface area (Å²) in [5.41, 5.74) is -0.953. The van der Waals surface area contributed by atoms with Gasteiger partial charge in [0.25, 0.3) is 0 Å². The average Bonchev–Trinajstić information content (AvgIpc) is 2.57. The van der Waals surface area contributed by atoms with Crippen LogP contribution in [0.3, 0.4) is 0 Å². The minimum atomic E-state index is -4.54. The van der Waals surface area contributed by atoms with Crippen molar-refractivity contribution in [1.82, 2.24) is 0 Å². The molecule has 0 atom stereocenters. The molecule has 0 unspecified atom stereocenters. The fourth-order valence-electron chi connectivity index (χ4n) is 1.38. The van der Waals surface area contributed by atoms with Gasteiger partial charge in [-0.3, -0.25) is 0 Å². The highest BCUT2D eigenvalue weighted by molar-refractivity contribution is 7.20. The first-order valence-corrected chi connectivity index (χ1v) is 5.52. The third-order valence-corrected chi connectivity index (χ3v) is 3.52. The van der Waals surface area contributed by atoms with E-state index in [0.717, 1.165) is 23.5 Å². The van der Waals surface area contributed by atoms with E-state index in [1.807, 2.05) is 0 Å². The maximum atomic E-state index is 12.5. The van der Waals surface area contributed by atoms with Gasteiger partial charge in [-0.25, -0.2) is 4.79 Å². The van der Waals surface area contributed by atoms with E-state index in [1.165, 1.54) is 6.07 Å². The summed E-state index contributed by atoms with van der Waals surface area (Å²) < 4.78 is 37.9. The van der Waals surface area contributed by atoms with Crippen molar-refractivity contribution in [3.8, 4) is 0 Å².